The molecule has 0 saturated carbocycles. The van der Waals surface area contributed by atoms with Crippen LogP contribution in [0, 0.1) is 0 Å². The van der Waals surface area contributed by atoms with Crippen molar-refractivity contribution in [3.05, 3.63) is 0 Å². The maximum atomic E-state index is 11.8. The van der Waals surface area contributed by atoms with Gasteiger partial charge in [0.15, 0.2) is 0 Å². The van der Waals surface area contributed by atoms with Gasteiger partial charge >= 0.3 is 0 Å². The van der Waals surface area contributed by atoms with E-state index in [0.29, 0.717) is 13.1 Å². The fourth-order valence-electron chi connectivity index (χ4n) is 1.77. The molecular formula is C8H19N3O2S. The van der Waals surface area contributed by atoms with Gasteiger partial charge < -0.3 is 5.73 Å². The van der Waals surface area contributed by atoms with Crippen LogP contribution in [0.25, 0.3) is 0 Å². The van der Waals surface area contributed by atoms with Gasteiger partial charge in [0.1, 0.15) is 0 Å². The van der Waals surface area contributed by atoms with Crippen LogP contribution in [0.4, 0.5) is 0 Å². The lowest BCUT2D eigenvalue weighted by molar-refractivity contribution is 0.267. The van der Waals surface area contributed by atoms with Crippen molar-refractivity contribution in [2.24, 2.45) is 5.73 Å². The van der Waals surface area contributed by atoms with Gasteiger partial charge in [-0.3, -0.25) is 0 Å². The van der Waals surface area contributed by atoms with E-state index in [1.165, 1.54) is 4.31 Å². The first kappa shape index (κ1) is 11.9. The Morgan fingerprint density at radius 3 is 2.50 bits per heavy atom. The molecule has 0 radical (unpaired) electrons. The normalized spacial score (nSPS) is 28.1. The summed E-state index contributed by atoms with van der Waals surface area (Å²) in [6.07, 6.45) is 0.720. The number of rotatable bonds is 3. The van der Waals surface area contributed by atoms with Crippen molar-refractivity contribution in [1.29, 1.82) is 0 Å². The van der Waals surface area contributed by atoms with Crippen LogP contribution in [0.5, 0.6) is 0 Å². The summed E-state index contributed by atoms with van der Waals surface area (Å²) in [5.74, 6) is 0. The molecule has 14 heavy (non-hydrogen) atoms. The predicted octanol–water partition coefficient (Wildman–Crippen LogP) is -0.348. The van der Waals surface area contributed by atoms with Crippen molar-refractivity contribution >= 4 is 10.2 Å². The summed E-state index contributed by atoms with van der Waals surface area (Å²) in [6, 6.07) is -0.0871. The van der Waals surface area contributed by atoms with Crippen LogP contribution in [0.1, 0.15) is 27.2 Å². The molecule has 1 aliphatic heterocycles. The van der Waals surface area contributed by atoms with Crippen molar-refractivity contribution in [2.75, 3.05) is 13.1 Å². The van der Waals surface area contributed by atoms with E-state index in [9.17, 15) is 8.42 Å². The SMILES string of the molecule is CCNS(=O)(=O)N1CCC(N)C1(C)C. The second-order valence-corrected chi connectivity index (χ2v) is 5.80. The van der Waals surface area contributed by atoms with Crippen molar-refractivity contribution in [3.8, 4) is 0 Å². The third-order valence-electron chi connectivity index (χ3n) is 2.81. The lowest BCUT2D eigenvalue weighted by atomic mass is 9.98. The lowest BCUT2D eigenvalue weighted by Gasteiger charge is -2.33. The molecule has 1 atom stereocenters. The Morgan fingerprint density at radius 1 is 1.57 bits per heavy atom. The standard InChI is InChI=1S/C8H19N3O2S/c1-4-10-14(12,13)11-6-5-7(9)8(11,2)3/h7,10H,4-6,9H2,1-3H3. The number of hydrogen-bond donors (Lipinski definition) is 2. The van der Waals surface area contributed by atoms with Crippen LogP contribution in [0.3, 0.4) is 0 Å². The zero-order chi connectivity index (χ0) is 11.0. The molecule has 0 aromatic rings. The molecule has 0 bridgehead atoms. The minimum atomic E-state index is -3.35. The van der Waals surface area contributed by atoms with Gasteiger partial charge in [0, 0.05) is 24.7 Å². The van der Waals surface area contributed by atoms with E-state index >= 15 is 0 Å². The number of nitrogens with one attached hydrogen (secondary N) is 1. The van der Waals surface area contributed by atoms with E-state index in [1.54, 1.807) is 6.92 Å². The molecule has 6 heteroatoms. The molecule has 0 aromatic heterocycles. The molecular weight excluding hydrogens is 202 g/mol. The highest BCUT2D eigenvalue weighted by Crippen LogP contribution is 2.29. The number of nitrogens with zero attached hydrogens (tertiary/aromatic N) is 1. The average Bonchev–Trinajstić information content (AvgIpc) is 2.27. The highest BCUT2D eigenvalue weighted by molar-refractivity contribution is 7.87. The molecule has 1 fully saturated rings. The molecule has 3 N–H and O–H groups in total. The molecule has 1 aliphatic rings. The lowest BCUT2D eigenvalue weighted by Crippen LogP contribution is -2.54. The Kier molecular flexibility index (Phi) is 3.20. The Labute approximate surface area is 85.8 Å². The van der Waals surface area contributed by atoms with E-state index in [4.69, 9.17) is 5.73 Å². The Morgan fingerprint density at radius 2 is 2.14 bits per heavy atom. The van der Waals surface area contributed by atoms with Crippen LogP contribution in [0.2, 0.25) is 0 Å². The minimum Gasteiger partial charge on any atom is -0.326 e. The second-order valence-electron chi connectivity index (χ2n) is 4.12. The summed E-state index contributed by atoms with van der Waals surface area (Å²) in [4.78, 5) is 0. The van der Waals surface area contributed by atoms with Crippen molar-refractivity contribution in [2.45, 2.75) is 38.8 Å². The molecule has 5 nitrogen and oxygen atoms in total. The van der Waals surface area contributed by atoms with Gasteiger partial charge in [-0.15, -0.1) is 0 Å². The maximum absolute atomic E-state index is 11.8. The zero-order valence-electron chi connectivity index (χ0n) is 8.95. The van der Waals surface area contributed by atoms with Crippen LogP contribution in [-0.4, -0.2) is 37.4 Å². The highest BCUT2D eigenvalue weighted by Gasteiger charge is 2.45. The Hall–Kier alpha value is -0.170. The third-order valence-corrected chi connectivity index (χ3v) is 4.70. The summed E-state index contributed by atoms with van der Waals surface area (Å²) in [5.41, 5.74) is 5.38. The number of nitrogens with two attached hydrogens (primary N) is 1. The first-order valence-corrected chi connectivity index (χ1v) is 6.29. The van der Waals surface area contributed by atoms with Crippen molar-refractivity contribution in [3.63, 3.8) is 0 Å². The fourth-order valence-corrected chi connectivity index (χ4v) is 3.39. The van der Waals surface area contributed by atoms with Gasteiger partial charge in [-0.25, -0.2) is 4.72 Å². The molecule has 0 spiro atoms. The first-order valence-electron chi connectivity index (χ1n) is 4.85. The van der Waals surface area contributed by atoms with Crippen LogP contribution >= 0.6 is 0 Å². The smallest absolute Gasteiger partial charge is 0.279 e. The monoisotopic (exact) mass is 221 g/mol. The van der Waals surface area contributed by atoms with E-state index in [1.807, 2.05) is 13.8 Å². The van der Waals surface area contributed by atoms with Gasteiger partial charge in [0.2, 0.25) is 0 Å². The van der Waals surface area contributed by atoms with E-state index in [0.717, 1.165) is 6.42 Å². The Balaban J connectivity index is 2.90. The summed E-state index contributed by atoms with van der Waals surface area (Å²) in [6.45, 7) is 6.40. The molecule has 0 aliphatic carbocycles. The predicted molar refractivity (Wildman–Crippen MR) is 56.0 cm³/mol. The topological polar surface area (TPSA) is 75.4 Å². The maximum Gasteiger partial charge on any atom is 0.279 e. The minimum absolute atomic E-state index is 0.0871. The van der Waals surface area contributed by atoms with E-state index in [2.05, 4.69) is 4.72 Å². The van der Waals surface area contributed by atoms with Gasteiger partial charge in [0.25, 0.3) is 10.2 Å². The summed E-state index contributed by atoms with van der Waals surface area (Å²) in [7, 11) is -3.35. The van der Waals surface area contributed by atoms with E-state index < -0.39 is 15.7 Å². The van der Waals surface area contributed by atoms with Gasteiger partial charge in [0.05, 0.1) is 0 Å². The zero-order valence-corrected chi connectivity index (χ0v) is 9.76. The summed E-state index contributed by atoms with van der Waals surface area (Å²) >= 11 is 0. The molecule has 1 rings (SSSR count). The average molecular weight is 221 g/mol. The fraction of sp³-hybridized carbons (Fsp3) is 1.00. The third kappa shape index (κ3) is 1.93. The summed E-state index contributed by atoms with van der Waals surface area (Å²) < 4.78 is 27.4. The largest absolute Gasteiger partial charge is 0.326 e. The highest BCUT2D eigenvalue weighted by atomic mass is 32.2. The molecule has 84 valence electrons. The van der Waals surface area contributed by atoms with Crippen molar-refractivity contribution < 1.29 is 8.42 Å². The van der Waals surface area contributed by atoms with Crippen LogP contribution < -0.4 is 10.5 Å². The molecule has 1 unspecified atom stereocenters. The van der Waals surface area contributed by atoms with Crippen molar-refractivity contribution in [1.82, 2.24) is 9.03 Å². The molecule has 1 heterocycles. The quantitative estimate of drug-likeness (QED) is 0.684. The van der Waals surface area contributed by atoms with Crippen LogP contribution in [0.15, 0.2) is 0 Å². The first-order chi connectivity index (χ1) is 6.32. The van der Waals surface area contributed by atoms with Gasteiger partial charge in [-0.05, 0) is 20.3 Å². The molecule has 0 amide bonds. The van der Waals surface area contributed by atoms with E-state index in [-0.39, 0.29) is 6.04 Å². The Bertz CT molecular complexity index is 300. The summed E-state index contributed by atoms with van der Waals surface area (Å²) in [5, 5.41) is 0. The van der Waals surface area contributed by atoms with Gasteiger partial charge in [-0.2, -0.15) is 12.7 Å². The van der Waals surface area contributed by atoms with Gasteiger partial charge in [-0.1, -0.05) is 6.92 Å². The number of hydrogen-bond acceptors (Lipinski definition) is 3. The molecule has 0 aromatic carbocycles. The van der Waals surface area contributed by atoms with Crippen LogP contribution in [-0.2, 0) is 10.2 Å². The second kappa shape index (κ2) is 3.77. The molecule has 1 saturated heterocycles.